The maximum absolute atomic E-state index is 10.8. The maximum Gasteiger partial charge on any atom is 0.320 e. The minimum atomic E-state index is -0.818. The molecular weight excluding hydrogens is 226 g/mol. The molecule has 1 aromatic rings. The molecule has 1 aromatic carbocycles. The number of aliphatic carboxylic acids is 1. The van der Waals surface area contributed by atoms with E-state index >= 15 is 0 Å². The summed E-state index contributed by atoms with van der Waals surface area (Å²) in [6.45, 7) is 5.84. The smallest absolute Gasteiger partial charge is 0.320 e. The molecule has 0 spiro atoms. The molecule has 0 bridgehead atoms. The van der Waals surface area contributed by atoms with Crippen LogP contribution in [0.15, 0.2) is 24.3 Å². The number of carbonyl (C=O) groups is 1. The highest BCUT2D eigenvalue weighted by molar-refractivity contribution is 5.72. The lowest BCUT2D eigenvalue weighted by Crippen LogP contribution is -2.35. The molecular formula is C15H23NO2. The van der Waals surface area contributed by atoms with Crippen LogP contribution in [0.2, 0.25) is 0 Å². The zero-order valence-corrected chi connectivity index (χ0v) is 11.4. The van der Waals surface area contributed by atoms with Gasteiger partial charge in [0.05, 0.1) is 0 Å². The highest BCUT2D eigenvalue weighted by Crippen LogP contribution is 2.15. The number of nitrogens with one attached hydrogen (secondary N) is 1. The van der Waals surface area contributed by atoms with E-state index in [1.807, 2.05) is 6.92 Å². The first-order valence-corrected chi connectivity index (χ1v) is 6.62. The van der Waals surface area contributed by atoms with Crippen LogP contribution < -0.4 is 5.32 Å². The third-order valence-electron chi connectivity index (χ3n) is 3.17. The molecule has 0 heterocycles. The first-order valence-electron chi connectivity index (χ1n) is 6.62. The van der Waals surface area contributed by atoms with E-state index in [4.69, 9.17) is 5.11 Å². The fraction of sp³-hybridized carbons (Fsp3) is 0.533. The number of hydrogen-bond donors (Lipinski definition) is 2. The summed E-state index contributed by atoms with van der Waals surface area (Å²) in [7, 11) is 0. The molecule has 18 heavy (non-hydrogen) atoms. The van der Waals surface area contributed by atoms with Gasteiger partial charge in [-0.1, -0.05) is 37.6 Å². The standard InChI is InChI=1S/C15H23NO2/c1-4-5-6-13-7-9-14(10-8-13)11(2)16-12(3)15(17)18/h7-12,16H,4-6H2,1-3H3,(H,17,18)/t11?,12-/m1/s1. The number of hydrogen-bond acceptors (Lipinski definition) is 2. The highest BCUT2D eigenvalue weighted by Gasteiger charge is 2.14. The lowest BCUT2D eigenvalue weighted by Gasteiger charge is -2.17. The summed E-state index contributed by atoms with van der Waals surface area (Å²) >= 11 is 0. The Morgan fingerprint density at radius 2 is 1.89 bits per heavy atom. The fourth-order valence-electron chi connectivity index (χ4n) is 1.90. The normalized spacial score (nSPS) is 14.2. The Labute approximate surface area is 109 Å². The molecule has 0 fully saturated rings. The van der Waals surface area contributed by atoms with Crippen LogP contribution in [-0.4, -0.2) is 17.1 Å². The Kier molecular flexibility index (Phi) is 5.86. The van der Waals surface area contributed by atoms with Gasteiger partial charge in [0.25, 0.3) is 0 Å². The van der Waals surface area contributed by atoms with Crippen molar-refractivity contribution in [1.82, 2.24) is 5.32 Å². The third kappa shape index (κ3) is 4.49. The molecule has 2 atom stereocenters. The van der Waals surface area contributed by atoms with Crippen molar-refractivity contribution in [3.8, 4) is 0 Å². The number of aryl methyl sites for hydroxylation is 1. The Bertz CT molecular complexity index is 373. The van der Waals surface area contributed by atoms with Crippen molar-refractivity contribution in [2.75, 3.05) is 0 Å². The predicted octanol–water partition coefficient (Wildman–Crippen LogP) is 3.15. The topological polar surface area (TPSA) is 49.3 Å². The average molecular weight is 249 g/mol. The van der Waals surface area contributed by atoms with Crippen LogP contribution >= 0.6 is 0 Å². The first kappa shape index (κ1) is 14.7. The number of carboxylic acid groups (broad SMARTS) is 1. The van der Waals surface area contributed by atoms with E-state index < -0.39 is 12.0 Å². The van der Waals surface area contributed by atoms with Crippen LogP contribution in [0.1, 0.15) is 50.8 Å². The van der Waals surface area contributed by atoms with E-state index in [2.05, 4.69) is 36.5 Å². The molecule has 0 aliphatic rings. The van der Waals surface area contributed by atoms with Crippen molar-refractivity contribution < 1.29 is 9.90 Å². The monoisotopic (exact) mass is 249 g/mol. The summed E-state index contributed by atoms with van der Waals surface area (Å²) in [4.78, 5) is 10.8. The number of unbranched alkanes of at least 4 members (excludes halogenated alkanes) is 1. The van der Waals surface area contributed by atoms with Crippen molar-refractivity contribution in [3.63, 3.8) is 0 Å². The molecule has 0 amide bonds. The SMILES string of the molecule is CCCCc1ccc(C(C)N[C@H](C)C(=O)O)cc1. The van der Waals surface area contributed by atoms with Crippen molar-refractivity contribution in [2.45, 2.75) is 52.1 Å². The molecule has 0 saturated heterocycles. The summed E-state index contributed by atoms with van der Waals surface area (Å²) in [5.41, 5.74) is 2.47. The average Bonchev–Trinajstić information content (AvgIpc) is 2.36. The third-order valence-corrected chi connectivity index (χ3v) is 3.17. The molecule has 0 aromatic heterocycles. The zero-order chi connectivity index (χ0) is 13.5. The van der Waals surface area contributed by atoms with Gasteiger partial charge in [0.1, 0.15) is 6.04 Å². The molecule has 2 N–H and O–H groups in total. The van der Waals surface area contributed by atoms with Crippen LogP contribution in [0.25, 0.3) is 0 Å². The number of carboxylic acids is 1. The Hall–Kier alpha value is -1.35. The van der Waals surface area contributed by atoms with Gasteiger partial charge < -0.3 is 5.11 Å². The van der Waals surface area contributed by atoms with E-state index in [-0.39, 0.29) is 6.04 Å². The van der Waals surface area contributed by atoms with Gasteiger partial charge in [-0.2, -0.15) is 0 Å². The van der Waals surface area contributed by atoms with Crippen LogP contribution in [-0.2, 0) is 11.2 Å². The minimum absolute atomic E-state index is 0.0522. The molecule has 1 unspecified atom stereocenters. The Balaban J connectivity index is 2.58. The van der Waals surface area contributed by atoms with Gasteiger partial charge in [-0.3, -0.25) is 10.1 Å². The fourth-order valence-corrected chi connectivity index (χ4v) is 1.90. The molecule has 0 radical (unpaired) electrons. The van der Waals surface area contributed by atoms with Crippen LogP contribution in [0, 0.1) is 0 Å². The number of benzene rings is 1. The van der Waals surface area contributed by atoms with E-state index in [1.54, 1.807) is 6.92 Å². The van der Waals surface area contributed by atoms with E-state index in [1.165, 1.54) is 18.4 Å². The molecule has 3 nitrogen and oxygen atoms in total. The second-order valence-electron chi connectivity index (χ2n) is 4.79. The zero-order valence-electron chi connectivity index (χ0n) is 11.4. The number of rotatable bonds is 7. The molecule has 0 aliphatic carbocycles. The lowest BCUT2D eigenvalue weighted by atomic mass is 10.0. The Morgan fingerprint density at radius 1 is 1.28 bits per heavy atom. The van der Waals surface area contributed by atoms with Gasteiger partial charge >= 0.3 is 5.97 Å². The lowest BCUT2D eigenvalue weighted by molar-refractivity contribution is -0.139. The quantitative estimate of drug-likeness (QED) is 0.780. The predicted molar refractivity (Wildman–Crippen MR) is 73.7 cm³/mol. The summed E-state index contributed by atoms with van der Waals surface area (Å²) in [5.74, 6) is -0.818. The van der Waals surface area contributed by atoms with Gasteiger partial charge in [0.2, 0.25) is 0 Å². The van der Waals surface area contributed by atoms with Crippen LogP contribution in [0.5, 0.6) is 0 Å². The van der Waals surface area contributed by atoms with Gasteiger partial charge in [-0.15, -0.1) is 0 Å². The molecule has 3 heteroatoms. The van der Waals surface area contributed by atoms with E-state index in [0.29, 0.717) is 0 Å². The summed E-state index contributed by atoms with van der Waals surface area (Å²) in [6, 6.07) is 7.95. The first-order chi connectivity index (χ1) is 8.54. The summed E-state index contributed by atoms with van der Waals surface area (Å²) in [5, 5.41) is 11.9. The van der Waals surface area contributed by atoms with Crippen molar-refractivity contribution >= 4 is 5.97 Å². The van der Waals surface area contributed by atoms with Crippen LogP contribution in [0.4, 0.5) is 0 Å². The van der Waals surface area contributed by atoms with Gasteiger partial charge in [0, 0.05) is 6.04 Å². The Morgan fingerprint density at radius 3 is 2.39 bits per heavy atom. The van der Waals surface area contributed by atoms with Gasteiger partial charge in [-0.05, 0) is 37.8 Å². The van der Waals surface area contributed by atoms with E-state index in [9.17, 15) is 4.79 Å². The molecule has 0 saturated carbocycles. The largest absolute Gasteiger partial charge is 0.480 e. The minimum Gasteiger partial charge on any atom is -0.480 e. The molecule has 100 valence electrons. The second-order valence-corrected chi connectivity index (χ2v) is 4.79. The molecule has 1 rings (SSSR count). The van der Waals surface area contributed by atoms with E-state index in [0.717, 1.165) is 12.0 Å². The second kappa shape index (κ2) is 7.17. The summed E-state index contributed by atoms with van der Waals surface area (Å²) < 4.78 is 0. The highest BCUT2D eigenvalue weighted by atomic mass is 16.4. The van der Waals surface area contributed by atoms with Crippen molar-refractivity contribution in [2.24, 2.45) is 0 Å². The van der Waals surface area contributed by atoms with Crippen LogP contribution in [0.3, 0.4) is 0 Å². The van der Waals surface area contributed by atoms with Gasteiger partial charge in [-0.25, -0.2) is 0 Å². The summed E-state index contributed by atoms with van der Waals surface area (Å²) in [6.07, 6.45) is 3.53. The van der Waals surface area contributed by atoms with Gasteiger partial charge in [0.15, 0.2) is 0 Å². The van der Waals surface area contributed by atoms with Crippen molar-refractivity contribution in [3.05, 3.63) is 35.4 Å². The van der Waals surface area contributed by atoms with Crippen molar-refractivity contribution in [1.29, 1.82) is 0 Å². The molecule has 0 aliphatic heterocycles. The maximum atomic E-state index is 10.8.